The van der Waals surface area contributed by atoms with Crippen molar-refractivity contribution in [2.24, 2.45) is 52.3 Å². The molecular formula is C48H86N2O4. The van der Waals surface area contributed by atoms with Crippen LogP contribution in [-0.4, -0.2) is 60.3 Å². The minimum atomic E-state index is -0.266. The summed E-state index contributed by atoms with van der Waals surface area (Å²) in [7, 11) is 0. The Morgan fingerprint density at radius 1 is 0.778 bits per heavy atom. The van der Waals surface area contributed by atoms with Crippen molar-refractivity contribution >= 4 is 11.9 Å². The predicted octanol–water partition coefficient (Wildman–Crippen LogP) is 11.3. The summed E-state index contributed by atoms with van der Waals surface area (Å²) in [6, 6.07) is 0. The fraction of sp³-hybridized carbons (Fsp3) is 0.958. The van der Waals surface area contributed by atoms with Gasteiger partial charge in [-0.15, -0.1) is 0 Å². The molecule has 6 nitrogen and oxygen atoms in total. The third kappa shape index (κ3) is 11.1. The van der Waals surface area contributed by atoms with Gasteiger partial charge in [0, 0.05) is 19.4 Å². The Hall–Kier alpha value is -1.14. The van der Waals surface area contributed by atoms with E-state index >= 15 is 0 Å². The minimum absolute atomic E-state index is 0.00691. The Balaban J connectivity index is 1.03. The molecule has 1 amide bonds. The van der Waals surface area contributed by atoms with Gasteiger partial charge in [-0.05, 0) is 149 Å². The van der Waals surface area contributed by atoms with Crippen LogP contribution in [-0.2, 0) is 14.3 Å². The Morgan fingerprint density at radius 3 is 2.07 bits per heavy atom. The number of nitrogens with one attached hydrogen (secondary N) is 1. The molecule has 1 aliphatic heterocycles. The standard InChI is InChI=1S/C48H86N2O4/c1-6-8-9-10-11-12-13-14-15-16-17-18-31-49-43(51)26-23-36(3)39-24-25-40-45-41(28-30-47(39,40)4)48(5)29-27-37(35-42(48)38(7-2)46(45)53)54-44(52)22-21-34-50-32-19-20-33-50/h36-42,45-46,53H,6-35H2,1-5H3,(H,49,51)/t36-,37-,38-,39-,40+,41+,42+,45+,46-,47-,48-/m1/s1. The van der Waals surface area contributed by atoms with Crippen LogP contribution in [0.2, 0.25) is 0 Å². The van der Waals surface area contributed by atoms with Crippen LogP contribution in [0.4, 0.5) is 0 Å². The Labute approximate surface area is 332 Å². The van der Waals surface area contributed by atoms with Crippen LogP contribution in [0, 0.1) is 52.3 Å². The van der Waals surface area contributed by atoms with E-state index in [4.69, 9.17) is 4.74 Å². The van der Waals surface area contributed by atoms with Crippen LogP contribution in [0.3, 0.4) is 0 Å². The van der Waals surface area contributed by atoms with Crippen LogP contribution in [0.25, 0.3) is 0 Å². The number of ether oxygens (including phenoxy) is 1. The molecule has 1 saturated heterocycles. The van der Waals surface area contributed by atoms with E-state index in [0.29, 0.717) is 48.3 Å². The monoisotopic (exact) mass is 755 g/mol. The summed E-state index contributed by atoms with van der Waals surface area (Å²) in [4.78, 5) is 28.3. The van der Waals surface area contributed by atoms with E-state index in [1.165, 1.54) is 122 Å². The first-order valence-corrected chi connectivity index (χ1v) is 24.0. The normalized spacial score (nSPS) is 35.6. The average molecular weight is 755 g/mol. The second-order valence-corrected chi connectivity index (χ2v) is 20.0. The van der Waals surface area contributed by atoms with Gasteiger partial charge in [0.05, 0.1) is 6.10 Å². The SMILES string of the molecule is CCCCCCCCCCCCCCNC(=O)CC[C@@H](C)[C@H]1CC[C@H]2[C@@H]3[C@H](O)[C@H](CC)[C@@H]4C[C@H](OC(=O)CCCN5CCCC5)CC[C@]4(C)[C@H]3CC[C@]12C. The lowest BCUT2D eigenvalue weighted by Crippen LogP contribution is -2.62. The molecule has 0 bridgehead atoms. The van der Waals surface area contributed by atoms with Crippen molar-refractivity contribution in [1.82, 2.24) is 10.2 Å². The second-order valence-electron chi connectivity index (χ2n) is 20.0. The highest BCUT2D eigenvalue weighted by Crippen LogP contribution is 2.69. The number of carbonyl (C=O) groups excluding carboxylic acids is 2. The molecule has 5 aliphatic rings. The van der Waals surface area contributed by atoms with Crippen LogP contribution < -0.4 is 5.32 Å². The van der Waals surface area contributed by atoms with Gasteiger partial charge in [-0.2, -0.15) is 0 Å². The van der Waals surface area contributed by atoms with E-state index in [-0.39, 0.29) is 40.8 Å². The number of esters is 1. The summed E-state index contributed by atoms with van der Waals surface area (Å²) in [6.07, 6.45) is 30.4. The smallest absolute Gasteiger partial charge is 0.306 e. The van der Waals surface area contributed by atoms with Crippen molar-refractivity contribution in [3.63, 3.8) is 0 Å². The number of hydrogen-bond acceptors (Lipinski definition) is 5. The van der Waals surface area contributed by atoms with Crippen LogP contribution in [0.15, 0.2) is 0 Å². The lowest BCUT2D eigenvalue weighted by Gasteiger charge is -2.65. The molecule has 312 valence electrons. The Morgan fingerprint density at radius 2 is 1.41 bits per heavy atom. The molecule has 0 unspecified atom stereocenters. The van der Waals surface area contributed by atoms with Gasteiger partial charge in [-0.1, -0.05) is 112 Å². The number of hydrogen-bond donors (Lipinski definition) is 2. The van der Waals surface area contributed by atoms with Crippen molar-refractivity contribution in [2.75, 3.05) is 26.2 Å². The number of nitrogens with zero attached hydrogens (tertiary/aromatic N) is 1. The number of aliphatic hydroxyl groups excluding tert-OH is 1. The zero-order valence-corrected chi connectivity index (χ0v) is 36.0. The number of likely N-dealkylation sites (tertiary alicyclic amines) is 1. The number of unbranched alkanes of at least 4 members (excludes halogenated alkanes) is 11. The van der Waals surface area contributed by atoms with E-state index in [2.05, 4.69) is 44.8 Å². The summed E-state index contributed by atoms with van der Waals surface area (Å²) in [5, 5.41) is 15.6. The maximum absolute atomic E-state index is 12.9. The molecule has 5 fully saturated rings. The first kappa shape index (κ1) is 44.0. The van der Waals surface area contributed by atoms with E-state index in [9.17, 15) is 14.7 Å². The molecule has 4 saturated carbocycles. The molecule has 0 aromatic carbocycles. The highest BCUT2D eigenvalue weighted by molar-refractivity contribution is 5.75. The van der Waals surface area contributed by atoms with Gasteiger partial charge in [-0.25, -0.2) is 0 Å². The third-order valence-electron chi connectivity index (χ3n) is 16.7. The van der Waals surface area contributed by atoms with Crippen molar-refractivity contribution in [2.45, 2.75) is 214 Å². The lowest BCUT2D eigenvalue weighted by atomic mass is 9.41. The maximum Gasteiger partial charge on any atom is 0.306 e. The van der Waals surface area contributed by atoms with Gasteiger partial charge in [-0.3, -0.25) is 9.59 Å². The summed E-state index contributed by atoms with van der Waals surface area (Å²) >= 11 is 0. The van der Waals surface area contributed by atoms with Crippen molar-refractivity contribution in [1.29, 1.82) is 0 Å². The maximum atomic E-state index is 12.9. The average Bonchev–Trinajstić information content (AvgIpc) is 3.81. The van der Waals surface area contributed by atoms with Gasteiger partial charge in [0.2, 0.25) is 5.91 Å². The molecule has 54 heavy (non-hydrogen) atoms. The van der Waals surface area contributed by atoms with Crippen molar-refractivity contribution < 1.29 is 19.4 Å². The van der Waals surface area contributed by atoms with Crippen LogP contribution in [0.5, 0.6) is 0 Å². The number of amides is 1. The lowest BCUT2D eigenvalue weighted by molar-refractivity contribution is -0.207. The molecule has 1 heterocycles. The third-order valence-corrected chi connectivity index (χ3v) is 16.7. The number of carbonyl (C=O) groups is 2. The summed E-state index contributed by atoms with van der Waals surface area (Å²) in [6.45, 7) is 16.3. The van der Waals surface area contributed by atoms with E-state index in [1.54, 1.807) is 0 Å². The highest BCUT2D eigenvalue weighted by Gasteiger charge is 2.65. The van der Waals surface area contributed by atoms with Crippen molar-refractivity contribution in [3.8, 4) is 0 Å². The quantitative estimate of drug-likeness (QED) is 0.0802. The Bertz CT molecular complexity index is 1120. The summed E-state index contributed by atoms with van der Waals surface area (Å²) in [5.74, 6) is 3.57. The minimum Gasteiger partial charge on any atom is -0.462 e. The Kier molecular flexibility index (Phi) is 17.6. The van der Waals surface area contributed by atoms with Crippen LogP contribution in [0.1, 0.15) is 202 Å². The van der Waals surface area contributed by atoms with Crippen LogP contribution >= 0.6 is 0 Å². The zero-order valence-electron chi connectivity index (χ0n) is 36.0. The molecule has 11 atom stereocenters. The zero-order chi connectivity index (χ0) is 38.6. The summed E-state index contributed by atoms with van der Waals surface area (Å²) < 4.78 is 6.18. The van der Waals surface area contributed by atoms with Gasteiger partial charge < -0.3 is 20.1 Å². The van der Waals surface area contributed by atoms with Gasteiger partial charge in [0.15, 0.2) is 0 Å². The molecular weight excluding hydrogens is 669 g/mol. The molecule has 2 N–H and O–H groups in total. The first-order chi connectivity index (χ1) is 26.1. The largest absolute Gasteiger partial charge is 0.462 e. The van der Waals surface area contributed by atoms with Gasteiger partial charge in [0.25, 0.3) is 0 Å². The number of aliphatic hydroxyl groups is 1. The topological polar surface area (TPSA) is 78.9 Å². The fourth-order valence-corrected chi connectivity index (χ4v) is 13.6. The molecule has 0 spiro atoms. The van der Waals surface area contributed by atoms with Crippen molar-refractivity contribution in [3.05, 3.63) is 0 Å². The van der Waals surface area contributed by atoms with Gasteiger partial charge in [0.1, 0.15) is 6.10 Å². The first-order valence-electron chi connectivity index (χ1n) is 24.0. The number of rotatable bonds is 23. The van der Waals surface area contributed by atoms with E-state index in [0.717, 1.165) is 58.0 Å². The molecule has 0 radical (unpaired) electrons. The molecule has 4 aliphatic carbocycles. The molecule has 0 aromatic heterocycles. The highest BCUT2D eigenvalue weighted by atomic mass is 16.5. The number of fused-ring (bicyclic) bond motifs is 5. The van der Waals surface area contributed by atoms with E-state index < -0.39 is 0 Å². The molecule has 6 heteroatoms. The molecule has 5 rings (SSSR count). The fourth-order valence-electron chi connectivity index (χ4n) is 13.6. The predicted molar refractivity (Wildman–Crippen MR) is 223 cm³/mol. The second kappa shape index (κ2) is 21.6. The van der Waals surface area contributed by atoms with Gasteiger partial charge >= 0.3 is 5.97 Å². The summed E-state index contributed by atoms with van der Waals surface area (Å²) in [5.41, 5.74) is 0.455. The molecule has 0 aromatic rings. The van der Waals surface area contributed by atoms with E-state index in [1.807, 2.05) is 0 Å².